The SMILES string of the molecule is CCc1nnc(C)cc1C(=O)N1CCCC1C(=O)OC. The molecule has 1 unspecified atom stereocenters. The molecule has 20 heavy (non-hydrogen) atoms. The van der Waals surface area contributed by atoms with Crippen LogP contribution in [0, 0.1) is 6.92 Å². The van der Waals surface area contributed by atoms with Gasteiger partial charge in [-0.15, -0.1) is 0 Å². The Kier molecular flexibility index (Phi) is 4.32. The number of esters is 1. The van der Waals surface area contributed by atoms with Gasteiger partial charge in [-0.2, -0.15) is 10.2 Å². The summed E-state index contributed by atoms with van der Waals surface area (Å²) < 4.78 is 4.77. The van der Waals surface area contributed by atoms with Gasteiger partial charge in [0, 0.05) is 6.54 Å². The minimum absolute atomic E-state index is 0.159. The Balaban J connectivity index is 2.31. The average Bonchev–Trinajstić information content (AvgIpc) is 2.95. The van der Waals surface area contributed by atoms with Crippen LogP contribution in [0.5, 0.6) is 0 Å². The molecule has 0 aliphatic carbocycles. The molecule has 0 N–H and O–H groups in total. The molecule has 1 aromatic heterocycles. The highest BCUT2D eigenvalue weighted by atomic mass is 16.5. The van der Waals surface area contributed by atoms with E-state index < -0.39 is 6.04 Å². The highest BCUT2D eigenvalue weighted by molar-refractivity contribution is 5.98. The van der Waals surface area contributed by atoms with Crippen LogP contribution >= 0.6 is 0 Å². The van der Waals surface area contributed by atoms with E-state index in [0.717, 1.165) is 6.42 Å². The van der Waals surface area contributed by atoms with Crippen molar-refractivity contribution in [2.75, 3.05) is 13.7 Å². The fraction of sp³-hybridized carbons (Fsp3) is 0.571. The van der Waals surface area contributed by atoms with Crippen LogP contribution in [0.15, 0.2) is 6.07 Å². The van der Waals surface area contributed by atoms with Crippen LogP contribution in [-0.4, -0.2) is 46.7 Å². The summed E-state index contributed by atoms with van der Waals surface area (Å²) in [5, 5.41) is 8.04. The zero-order valence-electron chi connectivity index (χ0n) is 12.0. The van der Waals surface area contributed by atoms with E-state index in [9.17, 15) is 9.59 Å². The van der Waals surface area contributed by atoms with Crippen molar-refractivity contribution in [3.05, 3.63) is 23.0 Å². The van der Waals surface area contributed by atoms with Gasteiger partial charge in [0.1, 0.15) is 6.04 Å². The Bertz CT molecular complexity index is 530. The van der Waals surface area contributed by atoms with Crippen molar-refractivity contribution in [3.63, 3.8) is 0 Å². The van der Waals surface area contributed by atoms with Gasteiger partial charge in [0.25, 0.3) is 5.91 Å². The monoisotopic (exact) mass is 277 g/mol. The average molecular weight is 277 g/mol. The third kappa shape index (κ3) is 2.64. The lowest BCUT2D eigenvalue weighted by molar-refractivity contribution is -0.145. The number of carbonyl (C=O) groups is 2. The summed E-state index contributed by atoms with van der Waals surface area (Å²) in [4.78, 5) is 26.0. The molecule has 0 aromatic carbocycles. The number of nitrogens with zero attached hydrogens (tertiary/aromatic N) is 3. The summed E-state index contributed by atoms with van der Waals surface area (Å²) in [6.45, 7) is 4.30. The second-order valence-corrected chi connectivity index (χ2v) is 4.88. The van der Waals surface area contributed by atoms with E-state index in [-0.39, 0.29) is 11.9 Å². The summed E-state index contributed by atoms with van der Waals surface area (Å²) in [6, 6.07) is 1.26. The maximum atomic E-state index is 12.7. The summed E-state index contributed by atoms with van der Waals surface area (Å²) in [7, 11) is 1.35. The first-order valence-corrected chi connectivity index (χ1v) is 6.80. The number of rotatable bonds is 3. The van der Waals surface area contributed by atoms with E-state index in [1.165, 1.54) is 7.11 Å². The molecule has 6 heteroatoms. The number of likely N-dealkylation sites (tertiary alicyclic amines) is 1. The van der Waals surface area contributed by atoms with E-state index in [2.05, 4.69) is 10.2 Å². The molecule has 1 saturated heterocycles. The Morgan fingerprint density at radius 3 is 2.85 bits per heavy atom. The lowest BCUT2D eigenvalue weighted by Gasteiger charge is -2.23. The van der Waals surface area contributed by atoms with Gasteiger partial charge >= 0.3 is 5.97 Å². The molecule has 1 fully saturated rings. The number of aryl methyl sites for hydroxylation is 2. The molecule has 1 aliphatic rings. The van der Waals surface area contributed by atoms with Gasteiger partial charge in [-0.3, -0.25) is 4.79 Å². The highest BCUT2D eigenvalue weighted by Crippen LogP contribution is 2.22. The molecule has 108 valence electrons. The Morgan fingerprint density at radius 1 is 1.45 bits per heavy atom. The third-order valence-corrected chi connectivity index (χ3v) is 3.54. The fourth-order valence-electron chi connectivity index (χ4n) is 2.51. The van der Waals surface area contributed by atoms with Crippen molar-refractivity contribution >= 4 is 11.9 Å². The number of methoxy groups -OCH3 is 1. The second kappa shape index (κ2) is 5.98. The first kappa shape index (κ1) is 14.4. The minimum Gasteiger partial charge on any atom is -0.467 e. The Labute approximate surface area is 118 Å². The molecule has 2 rings (SSSR count). The van der Waals surface area contributed by atoms with E-state index >= 15 is 0 Å². The van der Waals surface area contributed by atoms with Gasteiger partial charge in [-0.25, -0.2) is 4.79 Å². The van der Waals surface area contributed by atoms with Crippen molar-refractivity contribution in [1.82, 2.24) is 15.1 Å². The number of hydrogen-bond acceptors (Lipinski definition) is 5. The molecule has 1 amide bonds. The van der Waals surface area contributed by atoms with Gasteiger partial charge in [-0.05, 0) is 32.3 Å². The normalized spacial score (nSPS) is 18.1. The van der Waals surface area contributed by atoms with Crippen molar-refractivity contribution in [2.24, 2.45) is 0 Å². The van der Waals surface area contributed by atoms with Crippen LogP contribution in [0.1, 0.15) is 41.5 Å². The van der Waals surface area contributed by atoms with Crippen LogP contribution in [0.4, 0.5) is 0 Å². The highest BCUT2D eigenvalue weighted by Gasteiger charge is 2.36. The molecule has 1 atom stereocenters. The lowest BCUT2D eigenvalue weighted by atomic mass is 10.1. The summed E-state index contributed by atoms with van der Waals surface area (Å²) >= 11 is 0. The minimum atomic E-state index is -0.481. The molecular weight excluding hydrogens is 258 g/mol. The van der Waals surface area contributed by atoms with Crippen molar-refractivity contribution in [3.8, 4) is 0 Å². The van der Waals surface area contributed by atoms with Gasteiger partial charge < -0.3 is 9.64 Å². The van der Waals surface area contributed by atoms with E-state index in [1.54, 1.807) is 17.9 Å². The quantitative estimate of drug-likeness (QED) is 0.774. The van der Waals surface area contributed by atoms with Gasteiger partial charge in [-0.1, -0.05) is 6.92 Å². The summed E-state index contributed by atoms with van der Waals surface area (Å²) in [5.41, 5.74) is 1.89. The van der Waals surface area contributed by atoms with E-state index in [1.807, 2.05) is 6.92 Å². The van der Waals surface area contributed by atoms with Crippen LogP contribution in [0.3, 0.4) is 0 Å². The maximum Gasteiger partial charge on any atom is 0.328 e. The topological polar surface area (TPSA) is 72.4 Å². The predicted molar refractivity (Wildman–Crippen MR) is 72.2 cm³/mol. The second-order valence-electron chi connectivity index (χ2n) is 4.88. The molecule has 0 radical (unpaired) electrons. The zero-order chi connectivity index (χ0) is 14.7. The van der Waals surface area contributed by atoms with Gasteiger partial charge in [0.2, 0.25) is 0 Å². The van der Waals surface area contributed by atoms with Crippen LogP contribution in [0.25, 0.3) is 0 Å². The van der Waals surface area contributed by atoms with Gasteiger partial charge in [0.05, 0.1) is 24.1 Å². The molecular formula is C14H19N3O3. The first-order valence-electron chi connectivity index (χ1n) is 6.80. The predicted octanol–water partition coefficient (Wildman–Crippen LogP) is 1.13. The number of carbonyl (C=O) groups excluding carboxylic acids is 2. The smallest absolute Gasteiger partial charge is 0.328 e. The number of aromatic nitrogens is 2. The fourth-order valence-corrected chi connectivity index (χ4v) is 2.51. The van der Waals surface area contributed by atoms with E-state index in [0.29, 0.717) is 36.3 Å². The number of amides is 1. The van der Waals surface area contributed by atoms with Crippen molar-refractivity contribution in [1.29, 1.82) is 0 Å². The number of hydrogen-bond donors (Lipinski definition) is 0. The molecule has 6 nitrogen and oxygen atoms in total. The van der Waals surface area contributed by atoms with Crippen LogP contribution in [-0.2, 0) is 16.0 Å². The zero-order valence-corrected chi connectivity index (χ0v) is 12.0. The Morgan fingerprint density at radius 2 is 2.20 bits per heavy atom. The van der Waals surface area contributed by atoms with Crippen LogP contribution in [0.2, 0.25) is 0 Å². The van der Waals surface area contributed by atoms with Crippen LogP contribution < -0.4 is 0 Å². The summed E-state index contributed by atoms with van der Waals surface area (Å²) in [5.74, 6) is -0.514. The maximum absolute atomic E-state index is 12.7. The first-order chi connectivity index (χ1) is 9.58. The Hall–Kier alpha value is -1.98. The van der Waals surface area contributed by atoms with Crippen molar-refractivity contribution in [2.45, 2.75) is 39.2 Å². The molecule has 0 saturated carbocycles. The standard InChI is InChI=1S/C14H19N3O3/c1-4-11-10(8-9(2)15-16-11)13(18)17-7-5-6-12(17)14(19)20-3/h8,12H,4-7H2,1-3H3. The molecule has 0 bridgehead atoms. The van der Waals surface area contributed by atoms with Gasteiger partial charge in [0.15, 0.2) is 0 Å². The lowest BCUT2D eigenvalue weighted by Crippen LogP contribution is -2.41. The van der Waals surface area contributed by atoms with Crippen molar-refractivity contribution < 1.29 is 14.3 Å². The molecule has 2 heterocycles. The van der Waals surface area contributed by atoms with E-state index in [4.69, 9.17) is 4.74 Å². The largest absolute Gasteiger partial charge is 0.467 e. The molecule has 1 aromatic rings. The number of ether oxygens (including phenoxy) is 1. The molecule has 0 spiro atoms. The molecule has 1 aliphatic heterocycles. The summed E-state index contributed by atoms with van der Waals surface area (Å²) in [6.07, 6.45) is 2.09. The third-order valence-electron chi connectivity index (χ3n) is 3.54.